The highest BCUT2D eigenvalue weighted by Gasteiger charge is 2.17. The van der Waals surface area contributed by atoms with E-state index in [0.717, 1.165) is 5.56 Å². The van der Waals surface area contributed by atoms with E-state index in [1.54, 1.807) is 42.5 Å². The molecule has 8 nitrogen and oxygen atoms in total. The van der Waals surface area contributed by atoms with Gasteiger partial charge in [-0.15, -0.1) is 0 Å². The second kappa shape index (κ2) is 10.9. The SMILES string of the molecule is COc1cc(C(=O)Nc2cccc(S(=O)(=O)NCc3ccco3)c2)ccc1OCc1ccccc1. The van der Waals surface area contributed by atoms with E-state index in [0.29, 0.717) is 35.1 Å². The van der Waals surface area contributed by atoms with Crippen molar-refractivity contribution in [2.24, 2.45) is 0 Å². The molecule has 0 bridgehead atoms. The Balaban J connectivity index is 1.43. The maximum absolute atomic E-state index is 12.8. The summed E-state index contributed by atoms with van der Waals surface area (Å²) in [5.74, 6) is 0.981. The fraction of sp³-hybridized carbons (Fsp3) is 0.115. The third-order valence-corrected chi connectivity index (χ3v) is 6.48. The minimum absolute atomic E-state index is 0.0177. The molecule has 4 rings (SSSR count). The van der Waals surface area contributed by atoms with Crippen molar-refractivity contribution in [3.63, 3.8) is 0 Å². The zero-order chi connectivity index (χ0) is 24.7. The molecule has 1 amide bonds. The highest BCUT2D eigenvalue weighted by molar-refractivity contribution is 7.89. The average Bonchev–Trinajstić information content (AvgIpc) is 3.41. The normalized spacial score (nSPS) is 11.1. The van der Waals surface area contributed by atoms with Crippen LogP contribution in [0.3, 0.4) is 0 Å². The Morgan fingerprint density at radius 2 is 1.74 bits per heavy atom. The second-order valence-electron chi connectivity index (χ2n) is 7.53. The highest BCUT2D eigenvalue weighted by atomic mass is 32.2. The lowest BCUT2D eigenvalue weighted by Crippen LogP contribution is -2.23. The number of hydrogen-bond acceptors (Lipinski definition) is 6. The third-order valence-electron chi connectivity index (χ3n) is 5.08. The molecule has 0 radical (unpaired) electrons. The van der Waals surface area contributed by atoms with Gasteiger partial charge in [-0.2, -0.15) is 0 Å². The first kappa shape index (κ1) is 24.1. The predicted molar refractivity (Wildman–Crippen MR) is 131 cm³/mol. The maximum Gasteiger partial charge on any atom is 0.255 e. The topological polar surface area (TPSA) is 107 Å². The van der Waals surface area contributed by atoms with Crippen LogP contribution in [0.5, 0.6) is 11.5 Å². The molecule has 1 aromatic heterocycles. The standard InChI is InChI=1S/C26H24N2O6S/c1-32-25-15-20(12-13-24(25)34-18-19-7-3-2-4-8-19)26(29)28-21-9-5-11-23(16-21)35(30,31)27-17-22-10-6-14-33-22/h2-16,27H,17-18H2,1H3,(H,28,29). The molecule has 9 heteroatoms. The molecule has 35 heavy (non-hydrogen) atoms. The number of carbonyl (C=O) groups is 1. The Labute approximate surface area is 203 Å². The van der Waals surface area contributed by atoms with Gasteiger partial charge < -0.3 is 19.2 Å². The van der Waals surface area contributed by atoms with Crippen molar-refractivity contribution in [2.75, 3.05) is 12.4 Å². The number of amides is 1. The van der Waals surface area contributed by atoms with Crippen molar-refractivity contribution in [3.05, 3.63) is 108 Å². The molecule has 0 atom stereocenters. The number of anilines is 1. The van der Waals surface area contributed by atoms with Gasteiger partial charge in [0.25, 0.3) is 5.91 Å². The van der Waals surface area contributed by atoms with Gasteiger partial charge in [-0.05, 0) is 54.1 Å². The summed E-state index contributed by atoms with van der Waals surface area (Å²) < 4.78 is 44.1. The molecule has 0 spiro atoms. The van der Waals surface area contributed by atoms with E-state index in [1.165, 1.54) is 25.5 Å². The summed E-state index contributed by atoms with van der Waals surface area (Å²) >= 11 is 0. The van der Waals surface area contributed by atoms with Crippen molar-refractivity contribution in [1.82, 2.24) is 4.72 Å². The first-order valence-corrected chi connectivity index (χ1v) is 12.2. The van der Waals surface area contributed by atoms with Crippen molar-refractivity contribution < 1.29 is 27.1 Å². The lowest BCUT2D eigenvalue weighted by Gasteiger charge is -2.13. The number of hydrogen-bond donors (Lipinski definition) is 2. The fourth-order valence-electron chi connectivity index (χ4n) is 3.27. The Morgan fingerprint density at radius 1 is 0.914 bits per heavy atom. The highest BCUT2D eigenvalue weighted by Crippen LogP contribution is 2.29. The number of sulfonamides is 1. The lowest BCUT2D eigenvalue weighted by molar-refractivity contribution is 0.102. The summed E-state index contributed by atoms with van der Waals surface area (Å²) in [6.07, 6.45) is 1.47. The van der Waals surface area contributed by atoms with Crippen LogP contribution in [0.4, 0.5) is 5.69 Å². The smallest absolute Gasteiger partial charge is 0.255 e. The number of nitrogens with one attached hydrogen (secondary N) is 2. The van der Waals surface area contributed by atoms with Crippen molar-refractivity contribution >= 4 is 21.6 Å². The van der Waals surface area contributed by atoms with Crippen LogP contribution in [0.2, 0.25) is 0 Å². The van der Waals surface area contributed by atoms with Gasteiger partial charge in [-0.25, -0.2) is 13.1 Å². The van der Waals surface area contributed by atoms with Crippen molar-refractivity contribution in [3.8, 4) is 11.5 Å². The van der Waals surface area contributed by atoms with Crippen molar-refractivity contribution in [2.45, 2.75) is 18.0 Å². The predicted octanol–water partition coefficient (Wildman–Crippen LogP) is 4.60. The molecule has 0 saturated carbocycles. The van der Waals surface area contributed by atoms with Gasteiger partial charge in [-0.3, -0.25) is 4.79 Å². The molecule has 0 aliphatic heterocycles. The molecule has 1 heterocycles. The number of ether oxygens (including phenoxy) is 2. The summed E-state index contributed by atoms with van der Waals surface area (Å²) in [5, 5.41) is 2.72. The van der Waals surface area contributed by atoms with E-state index >= 15 is 0 Å². The van der Waals surface area contributed by atoms with Crippen LogP contribution in [-0.4, -0.2) is 21.4 Å². The summed E-state index contributed by atoms with van der Waals surface area (Å²) in [6, 6.07) is 23.9. The molecule has 0 aliphatic carbocycles. The van der Waals surface area contributed by atoms with Crippen LogP contribution in [-0.2, 0) is 23.2 Å². The van der Waals surface area contributed by atoms with E-state index in [-0.39, 0.29) is 11.4 Å². The molecule has 0 fully saturated rings. The van der Waals surface area contributed by atoms with Gasteiger partial charge in [-0.1, -0.05) is 36.4 Å². The summed E-state index contributed by atoms with van der Waals surface area (Å²) in [4.78, 5) is 12.8. The zero-order valence-corrected chi connectivity index (χ0v) is 19.7. The van der Waals surface area contributed by atoms with Gasteiger partial charge in [0.15, 0.2) is 11.5 Å². The van der Waals surface area contributed by atoms with Crippen LogP contribution in [0.25, 0.3) is 0 Å². The molecular formula is C26H24N2O6S. The van der Waals surface area contributed by atoms with E-state index in [1.807, 2.05) is 30.3 Å². The Hall–Kier alpha value is -4.08. The largest absolute Gasteiger partial charge is 0.493 e. The van der Waals surface area contributed by atoms with Gasteiger partial charge in [0.1, 0.15) is 12.4 Å². The third kappa shape index (κ3) is 6.28. The molecule has 4 aromatic rings. The van der Waals surface area contributed by atoms with Crippen LogP contribution >= 0.6 is 0 Å². The van der Waals surface area contributed by atoms with Gasteiger partial charge in [0, 0.05) is 11.3 Å². The van der Waals surface area contributed by atoms with E-state index in [2.05, 4.69) is 10.0 Å². The van der Waals surface area contributed by atoms with Gasteiger partial charge in [0.2, 0.25) is 10.0 Å². The van der Waals surface area contributed by atoms with E-state index < -0.39 is 15.9 Å². The zero-order valence-electron chi connectivity index (χ0n) is 18.9. The molecule has 3 aromatic carbocycles. The number of furan rings is 1. The first-order chi connectivity index (χ1) is 16.9. The maximum atomic E-state index is 12.8. The molecular weight excluding hydrogens is 468 g/mol. The number of methoxy groups -OCH3 is 1. The van der Waals surface area contributed by atoms with Crippen LogP contribution < -0.4 is 19.5 Å². The summed E-state index contributed by atoms with van der Waals surface area (Å²) in [6.45, 7) is 0.377. The van der Waals surface area contributed by atoms with Gasteiger partial charge in [0.05, 0.1) is 24.8 Å². The Bertz CT molecular complexity index is 1390. The molecule has 2 N–H and O–H groups in total. The van der Waals surface area contributed by atoms with Crippen molar-refractivity contribution in [1.29, 1.82) is 0 Å². The summed E-state index contributed by atoms with van der Waals surface area (Å²) in [5.41, 5.74) is 1.67. The van der Waals surface area contributed by atoms with Crippen LogP contribution in [0.1, 0.15) is 21.7 Å². The number of benzene rings is 3. The Kier molecular flexibility index (Phi) is 7.49. The number of rotatable bonds is 10. The number of carbonyl (C=O) groups excluding carboxylic acids is 1. The van der Waals surface area contributed by atoms with Crippen LogP contribution in [0.15, 0.2) is 101 Å². The van der Waals surface area contributed by atoms with E-state index in [4.69, 9.17) is 13.9 Å². The average molecular weight is 493 g/mol. The quantitative estimate of drug-likeness (QED) is 0.335. The first-order valence-electron chi connectivity index (χ1n) is 10.7. The van der Waals surface area contributed by atoms with Gasteiger partial charge >= 0.3 is 0 Å². The Morgan fingerprint density at radius 3 is 2.49 bits per heavy atom. The summed E-state index contributed by atoms with van der Waals surface area (Å²) in [7, 11) is -2.31. The minimum atomic E-state index is -3.80. The van der Waals surface area contributed by atoms with E-state index in [9.17, 15) is 13.2 Å². The minimum Gasteiger partial charge on any atom is -0.493 e. The molecule has 0 saturated heterocycles. The lowest BCUT2D eigenvalue weighted by atomic mass is 10.1. The molecule has 0 aliphatic rings. The fourth-order valence-corrected chi connectivity index (χ4v) is 4.31. The monoisotopic (exact) mass is 492 g/mol. The second-order valence-corrected chi connectivity index (χ2v) is 9.29. The molecule has 180 valence electrons. The molecule has 0 unspecified atom stereocenters. The van der Waals surface area contributed by atoms with Crippen LogP contribution in [0, 0.1) is 0 Å².